The lowest BCUT2D eigenvalue weighted by Gasteiger charge is -2.17. The maximum atomic E-state index is 12.4. The Balaban J connectivity index is 1.70. The summed E-state index contributed by atoms with van der Waals surface area (Å²) in [6.45, 7) is 2.27. The lowest BCUT2D eigenvalue weighted by Crippen LogP contribution is -2.28. The van der Waals surface area contributed by atoms with Gasteiger partial charge in [-0.15, -0.1) is 0 Å². The van der Waals surface area contributed by atoms with Crippen LogP contribution in [0, 0.1) is 12.8 Å². The van der Waals surface area contributed by atoms with Gasteiger partial charge in [-0.2, -0.15) is 0 Å². The zero-order valence-electron chi connectivity index (χ0n) is 12.6. The largest absolute Gasteiger partial charge is 0.312 e. The minimum absolute atomic E-state index is 0.0791. The Kier molecular flexibility index (Phi) is 4.30. The fraction of sp³-hybridized carbons (Fsp3) is 0.235. The number of hydrogen-bond donors (Lipinski definition) is 1. The van der Waals surface area contributed by atoms with Crippen molar-refractivity contribution in [3.63, 3.8) is 0 Å². The molecule has 1 N–H and O–H groups in total. The molecule has 1 aliphatic rings. The third-order valence-corrected chi connectivity index (χ3v) is 4.02. The van der Waals surface area contributed by atoms with Crippen molar-refractivity contribution in [2.45, 2.75) is 13.3 Å². The number of pyridine rings is 1. The predicted molar refractivity (Wildman–Crippen MR) is 89.5 cm³/mol. The molecule has 0 saturated carbocycles. The van der Waals surface area contributed by atoms with Crippen molar-refractivity contribution in [3.05, 3.63) is 53.2 Å². The number of carbonyl (C=O) groups excluding carboxylic acids is 2. The molecule has 1 aromatic carbocycles. The van der Waals surface area contributed by atoms with E-state index in [9.17, 15) is 9.59 Å². The zero-order valence-corrected chi connectivity index (χ0v) is 13.4. The number of carbonyl (C=O) groups is 2. The first kappa shape index (κ1) is 15.5. The van der Waals surface area contributed by atoms with E-state index >= 15 is 0 Å². The zero-order chi connectivity index (χ0) is 16.4. The van der Waals surface area contributed by atoms with Gasteiger partial charge in [0.05, 0.1) is 5.92 Å². The molecule has 0 radical (unpaired) electrons. The van der Waals surface area contributed by atoms with Gasteiger partial charge in [-0.05, 0) is 42.8 Å². The number of anilines is 2. The van der Waals surface area contributed by atoms with Gasteiger partial charge in [-0.3, -0.25) is 9.59 Å². The summed E-state index contributed by atoms with van der Waals surface area (Å²) in [6.07, 6.45) is 1.83. The highest BCUT2D eigenvalue weighted by Gasteiger charge is 2.35. The van der Waals surface area contributed by atoms with Crippen LogP contribution in [0.1, 0.15) is 12.0 Å². The van der Waals surface area contributed by atoms with Crippen molar-refractivity contribution < 1.29 is 9.59 Å². The Hall–Kier alpha value is -2.40. The molecule has 1 atom stereocenters. The van der Waals surface area contributed by atoms with Gasteiger partial charge in [-0.1, -0.05) is 17.7 Å². The summed E-state index contributed by atoms with van der Waals surface area (Å²) < 4.78 is 0. The number of nitrogens with one attached hydrogen (secondary N) is 1. The smallest absolute Gasteiger partial charge is 0.230 e. The Bertz CT molecular complexity index is 763. The summed E-state index contributed by atoms with van der Waals surface area (Å²) in [5.41, 5.74) is 1.73. The van der Waals surface area contributed by atoms with E-state index in [2.05, 4.69) is 10.3 Å². The van der Waals surface area contributed by atoms with Crippen LogP contribution >= 0.6 is 11.6 Å². The van der Waals surface area contributed by atoms with Crippen LogP contribution in [0.2, 0.25) is 5.02 Å². The van der Waals surface area contributed by atoms with Crippen LogP contribution in [-0.4, -0.2) is 23.3 Å². The molecule has 3 rings (SSSR count). The third-order valence-electron chi connectivity index (χ3n) is 3.78. The standard InChI is InChI=1S/C17H16ClN3O2/c1-11-5-6-19-15(7-11)20-17(23)12-8-16(22)21(10-12)14-4-2-3-13(18)9-14/h2-7,9,12H,8,10H2,1H3,(H,19,20,23). The van der Waals surface area contributed by atoms with E-state index in [1.165, 1.54) is 0 Å². The molecule has 1 aromatic heterocycles. The highest BCUT2D eigenvalue weighted by atomic mass is 35.5. The summed E-state index contributed by atoms with van der Waals surface area (Å²) in [5.74, 6) is -0.168. The fourth-order valence-corrected chi connectivity index (χ4v) is 2.79. The first-order chi connectivity index (χ1) is 11.0. The van der Waals surface area contributed by atoms with E-state index in [0.717, 1.165) is 5.56 Å². The monoisotopic (exact) mass is 329 g/mol. The SMILES string of the molecule is Cc1ccnc(NC(=O)C2CC(=O)N(c3cccc(Cl)c3)C2)c1. The van der Waals surface area contributed by atoms with Crippen LogP contribution in [0.5, 0.6) is 0 Å². The normalized spacial score (nSPS) is 17.4. The van der Waals surface area contributed by atoms with Gasteiger partial charge < -0.3 is 10.2 Å². The quantitative estimate of drug-likeness (QED) is 0.941. The van der Waals surface area contributed by atoms with Gasteiger partial charge in [0.15, 0.2) is 0 Å². The van der Waals surface area contributed by atoms with E-state index < -0.39 is 5.92 Å². The second-order valence-corrected chi connectivity index (χ2v) is 6.03. The maximum absolute atomic E-state index is 12.4. The van der Waals surface area contributed by atoms with E-state index in [4.69, 9.17) is 11.6 Å². The molecule has 1 aliphatic heterocycles. The van der Waals surface area contributed by atoms with Crippen molar-refractivity contribution in [3.8, 4) is 0 Å². The molecule has 1 saturated heterocycles. The van der Waals surface area contributed by atoms with E-state index in [-0.39, 0.29) is 18.2 Å². The topological polar surface area (TPSA) is 62.3 Å². The molecule has 23 heavy (non-hydrogen) atoms. The van der Waals surface area contributed by atoms with Crippen molar-refractivity contribution in [2.75, 3.05) is 16.8 Å². The van der Waals surface area contributed by atoms with Gasteiger partial charge in [0.25, 0.3) is 0 Å². The van der Waals surface area contributed by atoms with Crippen LogP contribution in [0.25, 0.3) is 0 Å². The lowest BCUT2D eigenvalue weighted by atomic mass is 10.1. The number of aryl methyl sites for hydroxylation is 1. The highest BCUT2D eigenvalue weighted by molar-refractivity contribution is 6.31. The summed E-state index contributed by atoms with van der Waals surface area (Å²) in [7, 11) is 0. The number of aromatic nitrogens is 1. The molecule has 0 bridgehead atoms. The Labute approximate surface area is 139 Å². The van der Waals surface area contributed by atoms with Gasteiger partial charge in [0.2, 0.25) is 11.8 Å². The summed E-state index contributed by atoms with van der Waals surface area (Å²) >= 11 is 5.97. The van der Waals surface area contributed by atoms with Crippen molar-refractivity contribution in [1.82, 2.24) is 4.98 Å². The number of benzene rings is 1. The molecule has 2 aromatic rings. The minimum atomic E-state index is -0.399. The van der Waals surface area contributed by atoms with Crippen LogP contribution in [0.3, 0.4) is 0 Å². The first-order valence-electron chi connectivity index (χ1n) is 7.32. The lowest BCUT2D eigenvalue weighted by molar-refractivity contribution is -0.122. The predicted octanol–water partition coefficient (Wildman–Crippen LogP) is 3.04. The molecular formula is C17H16ClN3O2. The minimum Gasteiger partial charge on any atom is -0.312 e. The molecule has 1 fully saturated rings. The average Bonchev–Trinajstić information content (AvgIpc) is 2.89. The van der Waals surface area contributed by atoms with E-state index in [1.807, 2.05) is 19.1 Å². The fourth-order valence-electron chi connectivity index (χ4n) is 2.61. The van der Waals surface area contributed by atoms with Crippen molar-refractivity contribution in [1.29, 1.82) is 0 Å². The number of rotatable bonds is 3. The van der Waals surface area contributed by atoms with Crippen molar-refractivity contribution >= 4 is 34.9 Å². The molecule has 2 heterocycles. The van der Waals surface area contributed by atoms with Gasteiger partial charge in [0.1, 0.15) is 5.82 Å². The molecular weight excluding hydrogens is 314 g/mol. The Morgan fingerprint density at radius 3 is 2.91 bits per heavy atom. The number of nitrogens with zero attached hydrogens (tertiary/aromatic N) is 2. The van der Waals surface area contributed by atoms with Crippen LogP contribution in [0.15, 0.2) is 42.6 Å². The second kappa shape index (κ2) is 6.38. The summed E-state index contributed by atoms with van der Waals surface area (Å²) in [5, 5.41) is 3.34. The molecule has 6 heteroatoms. The van der Waals surface area contributed by atoms with Gasteiger partial charge in [0, 0.05) is 29.9 Å². The van der Waals surface area contributed by atoms with Gasteiger partial charge >= 0.3 is 0 Å². The molecule has 1 unspecified atom stereocenters. The number of hydrogen-bond acceptors (Lipinski definition) is 3. The summed E-state index contributed by atoms with van der Waals surface area (Å²) in [6, 6.07) is 10.7. The van der Waals surface area contributed by atoms with Gasteiger partial charge in [-0.25, -0.2) is 4.98 Å². The molecule has 0 spiro atoms. The highest BCUT2D eigenvalue weighted by Crippen LogP contribution is 2.27. The molecule has 118 valence electrons. The number of halogens is 1. The first-order valence-corrected chi connectivity index (χ1v) is 7.70. The van der Waals surface area contributed by atoms with Crippen LogP contribution in [0.4, 0.5) is 11.5 Å². The maximum Gasteiger partial charge on any atom is 0.230 e. The van der Waals surface area contributed by atoms with Crippen LogP contribution < -0.4 is 10.2 Å². The third kappa shape index (κ3) is 3.51. The summed E-state index contributed by atoms with van der Waals surface area (Å²) in [4.78, 5) is 30.3. The Morgan fingerprint density at radius 1 is 1.35 bits per heavy atom. The van der Waals surface area contributed by atoms with E-state index in [1.54, 1.807) is 35.4 Å². The van der Waals surface area contributed by atoms with Crippen molar-refractivity contribution in [2.24, 2.45) is 5.92 Å². The second-order valence-electron chi connectivity index (χ2n) is 5.59. The van der Waals surface area contributed by atoms with Crippen LogP contribution in [-0.2, 0) is 9.59 Å². The number of amides is 2. The molecule has 2 amide bonds. The van der Waals surface area contributed by atoms with E-state index in [0.29, 0.717) is 23.1 Å². The Morgan fingerprint density at radius 2 is 2.17 bits per heavy atom. The average molecular weight is 330 g/mol. The molecule has 5 nitrogen and oxygen atoms in total. The molecule has 0 aliphatic carbocycles.